The third kappa shape index (κ3) is 4.62. The van der Waals surface area contributed by atoms with Crippen LogP contribution in [-0.2, 0) is 11.3 Å². The average Bonchev–Trinajstić information content (AvgIpc) is 3.36. The number of carbonyl (C=O) groups excluding carboxylic acids is 1. The van der Waals surface area contributed by atoms with Gasteiger partial charge in [0.25, 0.3) is 0 Å². The summed E-state index contributed by atoms with van der Waals surface area (Å²) in [6, 6.07) is 8.27. The second kappa shape index (κ2) is 8.59. The Morgan fingerprint density at radius 3 is 2.67 bits per heavy atom. The summed E-state index contributed by atoms with van der Waals surface area (Å²) in [5.74, 6) is 0.166. The van der Waals surface area contributed by atoms with Gasteiger partial charge >= 0.3 is 0 Å². The zero-order chi connectivity index (χ0) is 18.6. The van der Waals surface area contributed by atoms with Gasteiger partial charge in [-0.05, 0) is 43.4 Å². The number of halogens is 1. The van der Waals surface area contributed by atoms with Crippen molar-refractivity contribution in [3.8, 4) is 0 Å². The number of benzene rings is 1. The van der Waals surface area contributed by atoms with E-state index in [1.54, 1.807) is 11.3 Å². The van der Waals surface area contributed by atoms with E-state index in [-0.39, 0.29) is 18.0 Å². The first-order valence-corrected chi connectivity index (χ1v) is 10.9. The molecule has 2 aliphatic rings. The van der Waals surface area contributed by atoms with Crippen molar-refractivity contribution >= 4 is 34.0 Å². The molecule has 4 rings (SSSR count). The molecule has 1 amide bonds. The number of hydrogen-bond donors (Lipinski definition) is 1. The quantitative estimate of drug-likeness (QED) is 0.827. The Kier molecular flexibility index (Phi) is 5.95. The maximum Gasteiger partial charge on any atom is 0.243 e. The van der Waals surface area contributed by atoms with Crippen molar-refractivity contribution in [2.24, 2.45) is 0 Å². The second-order valence-electron chi connectivity index (χ2n) is 7.35. The molecule has 1 aromatic heterocycles. The topological polar surface area (TPSA) is 48.5 Å². The Labute approximate surface area is 169 Å². The molecule has 2 aromatic rings. The van der Waals surface area contributed by atoms with E-state index in [9.17, 15) is 4.79 Å². The first-order valence-electron chi connectivity index (χ1n) is 9.62. The van der Waals surface area contributed by atoms with E-state index in [0.29, 0.717) is 0 Å². The van der Waals surface area contributed by atoms with Gasteiger partial charge in [0.2, 0.25) is 5.91 Å². The fraction of sp³-hybridized carbons (Fsp3) is 0.500. The highest BCUT2D eigenvalue weighted by Gasteiger charge is 2.33. The summed E-state index contributed by atoms with van der Waals surface area (Å²) in [6.07, 6.45) is 5.79. The Balaban J connectivity index is 1.26. The van der Waals surface area contributed by atoms with Gasteiger partial charge in [-0.25, -0.2) is 4.98 Å². The maximum absolute atomic E-state index is 12.8. The van der Waals surface area contributed by atoms with Crippen molar-refractivity contribution in [1.29, 1.82) is 0 Å². The Hall–Kier alpha value is -1.63. The van der Waals surface area contributed by atoms with Crippen molar-refractivity contribution < 1.29 is 4.79 Å². The van der Waals surface area contributed by atoms with E-state index in [0.717, 1.165) is 62.0 Å². The van der Waals surface area contributed by atoms with E-state index >= 15 is 0 Å². The molecule has 1 atom stereocenters. The third-order valence-corrected chi connectivity index (χ3v) is 6.53. The number of carbonyl (C=O) groups is 1. The smallest absolute Gasteiger partial charge is 0.243 e. The Morgan fingerprint density at radius 1 is 1.19 bits per heavy atom. The third-order valence-electron chi connectivity index (χ3n) is 5.47. The van der Waals surface area contributed by atoms with Gasteiger partial charge in [-0.15, -0.1) is 11.3 Å². The van der Waals surface area contributed by atoms with Crippen LogP contribution in [0.5, 0.6) is 0 Å². The van der Waals surface area contributed by atoms with Crippen LogP contribution in [0.15, 0.2) is 35.8 Å². The summed E-state index contributed by atoms with van der Waals surface area (Å²) in [5, 5.41) is 7.01. The largest absolute Gasteiger partial charge is 0.351 e. The van der Waals surface area contributed by atoms with E-state index in [1.165, 1.54) is 5.56 Å². The van der Waals surface area contributed by atoms with E-state index in [1.807, 2.05) is 23.7 Å². The molecular weight excluding hydrogens is 380 g/mol. The summed E-state index contributed by atoms with van der Waals surface area (Å²) < 4.78 is 0. The summed E-state index contributed by atoms with van der Waals surface area (Å²) in [7, 11) is 0. The average molecular weight is 405 g/mol. The molecular formula is C20H25ClN4OS. The number of nitrogens with one attached hydrogen (secondary N) is 1. The van der Waals surface area contributed by atoms with Gasteiger partial charge in [0, 0.05) is 48.8 Å². The molecule has 144 valence electrons. The van der Waals surface area contributed by atoms with E-state index < -0.39 is 0 Å². The van der Waals surface area contributed by atoms with Crippen LogP contribution in [0.4, 0.5) is 5.13 Å². The lowest BCUT2D eigenvalue weighted by molar-refractivity contribution is -0.123. The van der Waals surface area contributed by atoms with Crippen LogP contribution in [0.1, 0.15) is 31.2 Å². The number of rotatable bonds is 5. The van der Waals surface area contributed by atoms with Crippen LogP contribution in [0, 0.1) is 0 Å². The molecule has 2 saturated heterocycles. The molecule has 0 spiro atoms. The Morgan fingerprint density at radius 2 is 1.96 bits per heavy atom. The van der Waals surface area contributed by atoms with Crippen LogP contribution in [-0.4, -0.2) is 47.5 Å². The van der Waals surface area contributed by atoms with Crippen molar-refractivity contribution in [2.75, 3.05) is 24.5 Å². The van der Waals surface area contributed by atoms with E-state index in [4.69, 9.17) is 11.6 Å². The van der Waals surface area contributed by atoms with Gasteiger partial charge in [0.05, 0.1) is 0 Å². The number of anilines is 1. The number of aromatic nitrogens is 1. The van der Waals surface area contributed by atoms with Gasteiger partial charge in [-0.2, -0.15) is 0 Å². The molecule has 0 bridgehead atoms. The molecule has 2 fully saturated rings. The Bertz CT molecular complexity index is 744. The van der Waals surface area contributed by atoms with Gasteiger partial charge < -0.3 is 10.2 Å². The summed E-state index contributed by atoms with van der Waals surface area (Å²) in [5.41, 5.74) is 1.28. The van der Waals surface area contributed by atoms with Crippen molar-refractivity contribution in [3.63, 3.8) is 0 Å². The number of hydrogen-bond acceptors (Lipinski definition) is 5. The minimum absolute atomic E-state index is 0.0664. The van der Waals surface area contributed by atoms with Crippen LogP contribution in [0.3, 0.4) is 0 Å². The summed E-state index contributed by atoms with van der Waals surface area (Å²) in [6.45, 7) is 3.88. The van der Waals surface area contributed by atoms with Crippen LogP contribution < -0.4 is 10.2 Å². The molecule has 1 aromatic carbocycles. The lowest BCUT2D eigenvalue weighted by atomic mass is 10.0. The fourth-order valence-corrected chi connectivity index (χ4v) is 4.85. The predicted molar refractivity (Wildman–Crippen MR) is 110 cm³/mol. The first-order chi connectivity index (χ1) is 13.2. The standard InChI is InChI=1S/C20H25ClN4OS/c21-16-5-3-15(4-6-16)14-24-11-7-17(8-12-24)23-19(26)18-2-1-10-25(18)20-22-9-13-27-20/h3-6,9,13,17-18H,1-2,7-8,10-12,14H2,(H,23,26)/t18-/m1/s1. The van der Waals surface area contributed by atoms with E-state index in [2.05, 4.69) is 32.2 Å². The molecule has 27 heavy (non-hydrogen) atoms. The number of nitrogens with zero attached hydrogens (tertiary/aromatic N) is 3. The molecule has 0 unspecified atom stereocenters. The minimum Gasteiger partial charge on any atom is -0.351 e. The highest BCUT2D eigenvalue weighted by atomic mass is 35.5. The number of piperidine rings is 1. The molecule has 3 heterocycles. The van der Waals surface area contributed by atoms with Crippen LogP contribution in [0.2, 0.25) is 5.02 Å². The molecule has 0 aliphatic carbocycles. The highest BCUT2D eigenvalue weighted by molar-refractivity contribution is 7.13. The number of thiazole rings is 1. The summed E-state index contributed by atoms with van der Waals surface area (Å²) in [4.78, 5) is 21.8. The monoisotopic (exact) mass is 404 g/mol. The maximum atomic E-state index is 12.8. The van der Waals surface area contributed by atoms with Crippen LogP contribution in [0.25, 0.3) is 0 Å². The van der Waals surface area contributed by atoms with Crippen molar-refractivity contribution in [3.05, 3.63) is 46.4 Å². The molecule has 0 saturated carbocycles. The molecule has 7 heteroatoms. The molecule has 2 aliphatic heterocycles. The predicted octanol–water partition coefficient (Wildman–Crippen LogP) is 3.55. The fourth-order valence-electron chi connectivity index (χ4n) is 4.01. The first kappa shape index (κ1) is 18.7. The lowest BCUT2D eigenvalue weighted by Crippen LogP contribution is -2.50. The van der Waals surface area contributed by atoms with Gasteiger partial charge in [0.15, 0.2) is 5.13 Å². The second-order valence-corrected chi connectivity index (χ2v) is 8.66. The van der Waals surface area contributed by atoms with Crippen molar-refractivity contribution in [2.45, 2.75) is 44.3 Å². The number of amides is 1. The van der Waals surface area contributed by atoms with Gasteiger partial charge in [0.1, 0.15) is 6.04 Å². The molecule has 1 N–H and O–H groups in total. The normalized spacial score (nSPS) is 21.5. The van der Waals surface area contributed by atoms with Gasteiger partial charge in [-0.3, -0.25) is 9.69 Å². The highest BCUT2D eigenvalue weighted by Crippen LogP contribution is 2.27. The van der Waals surface area contributed by atoms with Crippen LogP contribution >= 0.6 is 22.9 Å². The summed E-state index contributed by atoms with van der Waals surface area (Å²) >= 11 is 7.57. The zero-order valence-corrected chi connectivity index (χ0v) is 16.9. The molecule has 5 nitrogen and oxygen atoms in total. The molecule has 0 radical (unpaired) electrons. The minimum atomic E-state index is -0.0664. The SMILES string of the molecule is O=C(NC1CCN(Cc2ccc(Cl)cc2)CC1)[C@H]1CCCN1c1nccs1. The van der Waals surface area contributed by atoms with Crippen molar-refractivity contribution in [1.82, 2.24) is 15.2 Å². The van der Waals surface area contributed by atoms with Gasteiger partial charge in [-0.1, -0.05) is 23.7 Å². The zero-order valence-electron chi connectivity index (χ0n) is 15.3. The lowest BCUT2D eigenvalue weighted by Gasteiger charge is -2.33. The number of likely N-dealkylation sites (tertiary alicyclic amines) is 1.